The topological polar surface area (TPSA) is 32.3 Å². The van der Waals surface area contributed by atoms with Crippen molar-refractivity contribution < 1.29 is 4.79 Å². The highest BCUT2D eigenvalue weighted by atomic mass is 16.2. The number of piperidine rings is 1. The molecule has 1 saturated heterocycles. The number of hydrogen-bond donors (Lipinski definition) is 1. The molecule has 1 heterocycles. The van der Waals surface area contributed by atoms with Crippen LogP contribution in [0.15, 0.2) is 42.5 Å². The van der Waals surface area contributed by atoms with Gasteiger partial charge in [-0.05, 0) is 43.1 Å². The van der Waals surface area contributed by atoms with Crippen LogP contribution in [0, 0.1) is 5.92 Å². The highest BCUT2D eigenvalue weighted by Gasteiger charge is 2.35. The number of carbonyl (C=O) groups excluding carboxylic acids is 1. The quantitative estimate of drug-likeness (QED) is 0.787. The van der Waals surface area contributed by atoms with Crippen LogP contribution in [-0.2, 0) is 0 Å². The van der Waals surface area contributed by atoms with E-state index in [-0.39, 0.29) is 6.03 Å². The predicted octanol–water partition coefficient (Wildman–Crippen LogP) is 5.03. The third-order valence-corrected chi connectivity index (χ3v) is 5.54. The van der Waals surface area contributed by atoms with Gasteiger partial charge in [-0.15, -0.1) is 0 Å². The lowest BCUT2D eigenvalue weighted by Crippen LogP contribution is -2.51. The molecular weight excluding hydrogens is 284 g/mol. The van der Waals surface area contributed by atoms with E-state index in [1.165, 1.54) is 37.5 Å². The Morgan fingerprint density at radius 2 is 1.74 bits per heavy atom. The maximum Gasteiger partial charge on any atom is 0.322 e. The normalized spacial score (nSPS) is 24.3. The molecule has 3 nitrogen and oxygen atoms in total. The van der Waals surface area contributed by atoms with Crippen molar-refractivity contribution in [1.29, 1.82) is 0 Å². The van der Waals surface area contributed by atoms with E-state index in [2.05, 4.69) is 28.4 Å². The molecule has 4 rings (SSSR count). The number of fused-ring (bicyclic) bond motifs is 2. The molecule has 0 aromatic heterocycles. The average Bonchev–Trinajstić information content (AvgIpc) is 2.61. The zero-order valence-corrected chi connectivity index (χ0v) is 13.5. The number of likely N-dealkylation sites (tertiary alicyclic amines) is 1. The van der Waals surface area contributed by atoms with Gasteiger partial charge in [0, 0.05) is 18.0 Å². The number of nitrogens with one attached hydrogen (secondary N) is 1. The average molecular weight is 308 g/mol. The summed E-state index contributed by atoms with van der Waals surface area (Å²) in [5, 5.41) is 5.45. The van der Waals surface area contributed by atoms with Gasteiger partial charge in [0.1, 0.15) is 0 Å². The van der Waals surface area contributed by atoms with Crippen LogP contribution >= 0.6 is 0 Å². The Hall–Kier alpha value is -2.03. The lowest BCUT2D eigenvalue weighted by Gasteiger charge is -2.44. The van der Waals surface area contributed by atoms with Gasteiger partial charge >= 0.3 is 6.03 Å². The molecular formula is C20H24N2O. The SMILES string of the molecule is O=C(Nc1cccc2ccccc12)N1CCC[C@@H]2CCCC[C@H]21. The summed E-state index contributed by atoms with van der Waals surface area (Å²) >= 11 is 0. The Morgan fingerprint density at radius 1 is 0.957 bits per heavy atom. The highest BCUT2D eigenvalue weighted by molar-refractivity contribution is 6.01. The Kier molecular flexibility index (Phi) is 3.94. The first kappa shape index (κ1) is 14.6. The zero-order chi connectivity index (χ0) is 15.6. The van der Waals surface area contributed by atoms with Crippen molar-refractivity contribution >= 4 is 22.5 Å². The van der Waals surface area contributed by atoms with Crippen molar-refractivity contribution in [2.45, 2.75) is 44.6 Å². The maximum absolute atomic E-state index is 12.9. The largest absolute Gasteiger partial charge is 0.322 e. The van der Waals surface area contributed by atoms with E-state index in [1.807, 2.05) is 24.3 Å². The number of urea groups is 1. The van der Waals surface area contributed by atoms with E-state index < -0.39 is 0 Å². The molecule has 2 aromatic rings. The predicted molar refractivity (Wildman–Crippen MR) is 94.7 cm³/mol. The summed E-state index contributed by atoms with van der Waals surface area (Å²) in [6.45, 7) is 0.901. The van der Waals surface area contributed by atoms with Crippen LogP contribution in [-0.4, -0.2) is 23.5 Å². The number of benzene rings is 2. The van der Waals surface area contributed by atoms with Gasteiger partial charge in [-0.2, -0.15) is 0 Å². The fourth-order valence-electron chi connectivity index (χ4n) is 4.40. The minimum atomic E-state index is 0.0814. The van der Waals surface area contributed by atoms with Crippen LogP contribution in [0.25, 0.3) is 10.8 Å². The van der Waals surface area contributed by atoms with Crippen molar-refractivity contribution in [2.75, 3.05) is 11.9 Å². The summed E-state index contributed by atoms with van der Waals surface area (Å²) < 4.78 is 0. The summed E-state index contributed by atoms with van der Waals surface area (Å²) in [6, 6.07) is 14.9. The van der Waals surface area contributed by atoms with Gasteiger partial charge in [-0.1, -0.05) is 49.2 Å². The molecule has 2 amide bonds. The number of rotatable bonds is 1. The smallest absolute Gasteiger partial charge is 0.321 e. The summed E-state index contributed by atoms with van der Waals surface area (Å²) in [7, 11) is 0. The van der Waals surface area contributed by atoms with E-state index in [0.717, 1.165) is 30.0 Å². The number of amides is 2. The number of hydrogen-bond acceptors (Lipinski definition) is 1. The Balaban J connectivity index is 1.56. The van der Waals surface area contributed by atoms with Crippen molar-refractivity contribution in [3.8, 4) is 0 Å². The molecule has 1 saturated carbocycles. The second kappa shape index (κ2) is 6.23. The lowest BCUT2D eigenvalue weighted by molar-refractivity contribution is 0.0910. The van der Waals surface area contributed by atoms with Crippen LogP contribution in [0.3, 0.4) is 0 Å². The summed E-state index contributed by atoms with van der Waals surface area (Å²) in [6.07, 6.45) is 7.50. The second-order valence-corrected chi connectivity index (χ2v) is 6.90. The van der Waals surface area contributed by atoms with Crippen molar-refractivity contribution in [1.82, 2.24) is 4.90 Å². The Bertz CT molecular complexity index is 704. The molecule has 0 bridgehead atoms. The second-order valence-electron chi connectivity index (χ2n) is 6.90. The first-order valence-corrected chi connectivity index (χ1v) is 8.88. The van der Waals surface area contributed by atoms with E-state index in [0.29, 0.717) is 6.04 Å². The first-order valence-electron chi connectivity index (χ1n) is 8.88. The minimum Gasteiger partial charge on any atom is -0.321 e. The molecule has 0 spiro atoms. The molecule has 2 atom stereocenters. The van der Waals surface area contributed by atoms with Gasteiger partial charge in [0.25, 0.3) is 0 Å². The monoisotopic (exact) mass is 308 g/mol. The molecule has 0 unspecified atom stereocenters. The van der Waals surface area contributed by atoms with Crippen molar-refractivity contribution in [2.24, 2.45) is 5.92 Å². The van der Waals surface area contributed by atoms with Crippen LogP contribution < -0.4 is 5.32 Å². The lowest BCUT2D eigenvalue weighted by atomic mass is 9.78. The van der Waals surface area contributed by atoms with Gasteiger partial charge in [-0.3, -0.25) is 0 Å². The Morgan fingerprint density at radius 3 is 2.70 bits per heavy atom. The minimum absolute atomic E-state index is 0.0814. The molecule has 23 heavy (non-hydrogen) atoms. The van der Waals surface area contributed by atoms with E-state index >= 15 is 0 Å². The molecule has 1 aliphatic carbocycles. The Labute approximate surface area is 137 Å². The van der Waals surface area contributed by atoms with E-state index in [1.54, 1.807) is 0 Å². The van der Waals surface area contributed by atoms with Gasteiger partial charge in [0.2, 0.25) is 0 Å². The molecule has 2 fully saturated rings. The van der Waals surface area contributed by atoms with Crippen molar-refractivity contribution in [3.05, 3.63) is 42.5 Å². The first-order chi connectivity index (χ1) is 11.3. The van der Waals surface area contributed by atoms with Crippen LogP contribution in [0.4, 0.5) is 10.5 Å². The van der Waals surface area contributed by atoms with Crippen LogP contribution in [0.2, 0.25) is 0 Å². The van der Waals surface area contributed by atoms with E-state index in [9.17, 15) is 4.79 Å². The van der Waals surface area contributed by atoms with Crippen molar-refractivity contribution in [3.63, 3.8) is 0 Å². The fourth-order valence-corrected chi connectivity index (χ4v) is 4.40. The summed E-state index contributed by atoms with van der Waals surface area (Å²) in [4.78, 5) is 15.0. The van der Waals surface area contributed by atoms with Gasteiger partial charge in [-0.25, -0.2) is 4.79 Å². The molecule has 1 aliphatic heterocycles. The number of nitrogens with zero attached hydrogens (tertiary/aromatic N) is 1. The zero-order valence-electron chi connectivity index (χ0n) is 13.5. The molecule has 2 aliphatic rings. The fraction of sp³-hybridized carbons (Fsp3) is 0.450. The van der Waals surface area contributed by atoms with Crippen LogP contribution in [0.1, 0.15) is 38.5 Å². The van der Waals surface area contributed by atoms with Gasteiger partial charge in [0.15, 0.2) is 0 Å². The number of carbonyl (C=O) groups is 1. The molecule has 120 valence electrons. The third-order valence-electron chi connectivity index (χ3n) is 5.54. The third kappa shape index (κ3) is 2.80. The molecule has 0 radical (unpaired) electrons. The van der Waals surface area contributed by atoms with Crippen LogP contribution in [0.5, 0.6) is 0 Å². The highest BCUT2D eigenvalue weighted by Crippen LogP contribution is 2.35. The standard InChI is InChI=1S/C20H24N2O/c23-20(22-14-6-10-16-8-2-4-13-19(16)22)21-18-12-5-9-15-7-1-3-11-17(15)18/h1,3,5,7,9,11-12,16,19H,2,4,6,8,10,13-14H2,(H,21,23)/t16-,19+/m0/s1. The molecule has 3 heteroatoms. The maximum atomic E-state index is 12.9. The summed E-state index contributed by atoms with van der Waals surface area (Å²) in [5.74, 6) is 0.718. The number of anilines is 1. The molecule has 1 N–H and O–H groups in total. The van der Waals surface area contributed by atoms with Gasteiger partial charge in [0.05, 0.1) is 5.69 Å². The molecule has 2 aromatic carbocycles. The summed E-state index contributed by atoms with van der Waals surface area (Å²) in [5.41, 5.74) is 0.922. The van der Waals surface area contributed by atoms with Gasteiger partial charge < -0.3 is 10.2 Å². The van der Waals surface area contributed by atoms with E-state index in [4.69, 9.17) is 0 Å².